The summed E-state index contributed by atoms with van der Waals surface area (Å²) < 4.78 is 5.02. The molecule has 4 N–H and O–H groups in total. The number of nitrogens with one attached hydrogen (secondary N) is 1. The van der Waals surface area contributed by atoms with E-state index in [4.69, 9.17) is 10.5 Å². The molecule has 0 heterocycles. The van der Waals surface area contributed by atoms with Gasteiger partial charge in [0.15, 0.2) is 0 Å². The van der Waals surface area contributed by atoms with Gasteiger partial charge < -0.3 is 20.9 Å². The fourth-order valence-electron chi connectivity index (χ4n) is 1.25. The van der Waals surface area contributed by atoms with Crippen LogP contribution in [0.15, 0.2) is 24.3 Å². The number of carbonyl (C=O) groups excluding carboxylic acids is 1. The van der Waals surface area contributed by atoms with Crippen molar-refractivity contribution >= 4 is 5.91 Å². The van der Waals surface area contributed by atoms with Crippen molar-refractivity contribution in [3.63, 3.8) is 0 Å². The van der Waals surface area contributed by atoms with Crippen LogP contribution in [0.4, 0.5) is 0 Å². The highest BCUT2D eigenvalue weighted by molar-refractivity contribution is 5.94. The van der Waals surface area contributed by atoms with Crippen molar-refractivity contribution < 1.29 is 14.6 Å². The Balaban J connectivity index is 2.57. The second-order valence-electron chi connectivity index (χ2n) is 3.85. The van der Waals surface area contributed by atoms with E-state index in [9.17, 15) is 9.90 Å². The third-order valence-corrected chi connectivity index (χ3v) is 2.45. The van der Waals surface area contributed by atoms with Gasteiger partial charge in [0.1, 0.15) is 5.75 Å². The number of aliphatic hydroxyl groups is 1. The number of hydrogen-bond acceptors (Lipinski definition) is 4. The zero-order valence-corrected chi connectivity index (χ0v) is 10.0. The Hall–Kier alpha value is -1.59. The van der Waals surface area contributed by atoms with Crippen molar-refractivity contribution in [2.24, 2.45) is 5.73 Å². The third-order valence-electron chi connectivity index (χ3n) is 2.45. The molecule has 0 radical (unpaired) electrons. The molecule has 0 fully saturated rings. The zero-order chi connectivity index (χ0) is 12.8. The monoisotopic (exact) mass is 238 g/mol. The Bertz CT molecular complexity index is 380. The largest absolute Gasteiger partial charge is 0.497 e. The van der Waals surface area contributed by atoms with Crippen LogP contribution in [0.1, 0.15) is 17.3 Å². The van der Waals surface area contributed by atoms with Gasteiger partial charge in [0, 0.05) is 18.2 Å². The van der Waals surface area contributed by atoms with Gasteiger partial charge in [-0.1, -0.05) is 6.07 Å². The second-order valence-corrected chi connectivity index (χ2v) is 3.85. The SMILES string of the molecule is COc1cccc(C(=O)NCC(N)C(C)O)c1. The third kappa shape index (κ3) is 4.05. The molecule has 1 amide bonds. The van der Waals surface area contributed by atoms with Crippen molar-refractivity contribution in [1.29, 1.82) is 0 Å². The van der Waals surface area contributed by atoms with Gasteiger partial charge in [-0.2, -0.15) is 0 Å². The summed E-state index contributed by atoms with van der Waals surface area (Å²) in [6.07, 6.45) is -0.652. The fraction of sp³-hybridized carbons (Fsp3) is 0.417. The molecule has 1 aromatic rings. The molecule has 1 aromatic carbocycles. The second kappa shape index (κ2) is 6.22. The van der Waals surface area contributed by atoms with Gasteiger partial charge in [0.25, 0.3) is 5.91 Å². The number of aliphatic hydroxyl groups excluding tert-OH is 1. The van der Waals surface area contributed by atoms with Crippen LogP contribution < -0.4 is 15.8 Å². The number of methoxy groups -OCH3 is 1. The minimum Gasteiger partial charge on any atom is -0.497 e. The minimum atomic E-state index is -0.652. The molecule has 0 bridgehead atoms. The van der Waals surface area contributed by atoms with Crippen molar-refractivity contribution in [2.45, 2.75) is 19.1 Å². The first-order valence-electron chi connectivity index (χ1n) is 5.40. The molecule has 0 saturated carbocycles. The first-order valence-corrected chi connectivity index (χ1v) is 5.40. The number of carbonyl (C=O) groups is 1. The van der Waals surface area contributed by atoms with E-state index in [1.165, 1.54) is 0 Å². The molecule has 17 heavy (non-hydrogen) atoms. The quantitative estimate of drug-likeness (QED) is 0.681. The molecular formula is C12H18N2O3. The molecule has 0 aliphatic carbocycles. The van der Waals surface area contributed by atoms with E-state index < -0.39 is 12.1 Å². The lowest BCUT2D eigenvalue weighted by Crippen LogP contribution is -2.43. The van der Waals surface area contributed by atoms with Crippen molar-refractivity contribution in [1.82, 2.24) is 5.32 Å². The predicted octanol–water partition coefficient (Wildman–Crippen LogP) is 0.133. The predicted molar refractivity (Wildman–Crippen MR) is 65.0 cm³/mol. The van der Waals surface area contributed by atoms with Gasteiger partial charge in [-0.05, 0) is 25.1 Å². The highest BCUT2D eigenvalue weighted by atomic mass is 16.5. The van der Waals surface area contributed by atoms with Crippen molar-refractivity contribution in [3.8, 4) is 5.75 Å². The Morgan fingerprint density at radius 2 is 2.29 bits per heavy atom. The number of rotatable bonds is 5. The maximum Gasteiger partial charge on any atom is 0.251 e. The summed E-state index contributed by atoms with van der Waals surface area (Å²) in [6.45, 7) is 1.82. The van der Waals surface area contributed by atoms with Crippen molar-refractivity contribution in [2.75, 3.05) is 13.7 Å². The van der Waals surface area contributed by atoms with E-state index >= 15 is 0 Å². The summed E-state index contributed by atoms with van der Waals surface area (Å²) >= 11 is 0. The summed E-state index contributed by atoms with van der Waals surface area (Å²) in [5.41, 5.74) is 6.11. The molecule has 2 unspecified atom stereocenters. The van der Waals surface area contributed by atoms with Crippen LogP contribution in [-0.2, 0) is 0 Å². The van der Waals surface area contributed by atoms with Crippen molar-refractivity contribution in [3.05, 3.63) is 29.8 Å². The zero-order valence-electron chi connectivity index (χ0n) is 10.0. The van der Waals surface area contributed by atoms with Crippen LogP contribution in [0.5, 0.6) is 5.75 Å². The molecule has 0 saturated heterocycles. The van der Waals surface area contributed by atoms with Crippen LogP contribution in [0.25, 0.3) is 0 Å². The average Bonchev–Trinajstić information content (AvgIpc) is 2.35. The Morgan fingerprint density at radius 1 is 1.59 bits per heavy atom. The molecule has 0 aliphatic heterocycles. The standard InChI is InChI=1S/C12H18N2O3/c1-8(15)11(13)7-14-12(16)9-4-3-5-10(6-9)17-2/h3-6,8,11,15H,7,13H2,1-2H3,(H,14,16). The van der Waals surface area contributed by atoms with Gasteiger partial charge in [-0.3, -0.25) is 4.79 Å². The van der Waals surface area contributed by atoms with Gasteiger partial charge in [-0.15, -0.1) is 0 Å². The lowest BCUT2D eigenvalue weighted by atomic mass is 10.1. The van der Waals surface area contributed by atoms with Gasteiger partial charge in [0.2, 0.25) is 0 Å². The van der Waals surface area contributed by atoms with Crippen LogP contribution in [0.3, 0.4) is 0 Å². The number of amides is 1. The Labute approximate surface area is 101 Å². The Kier molecular flexibility index (Phi) is 4.93. The minimum absolute atomic E-state index is 0.230. The highest BCUT2D eigenvalue weighted by Gasteiger charge is 2.12. The molecule has 0 aliphatic rings. The summed E-state index contributed by atoms with van der Waals surface area (Å²) in [4.78, 5) is 11.7. The van der Waals surface area contributed by atoms with Crippen LogP contribution in [0, 0.1) is 0 Å². The molecule has 5 heteroatoms. The summed E-state index contributed by atoms with van der Waals surface area (Å²) in [7, 11) is 1.54. The molecule has 0 aromatic heterocycles. The summed E-state index contributed by atoms with van der Waals surface area (Å²) in [5, 5.41) is 11.8. The van der Waals surface area contributed by atoms with Crippen LogP contribution >= 0.6 is 0 Å². The van der Waals surface area contributed by atoms with E-state index in [1.54, 1.807) is 38.3 Å². The van der Waals surface area contributed by atoms with E-state index in [1.807, 2.05) is 0 Å². The average molecular weight is 238 g/mol. The van der Waals surface area contributed by atoms with E-state index in [-0.39, 0.29) is 12.5 Å². The molecule has 0 spiro atoms. The topological polar surface area (TPSA) is 84.6 Å². The Morgan fingerprint density at radius 3 is 2.88 bits per heavy atom. The lowest BCUT2D eigenvalue weighted by molar-refractivity contribution is 0.0937. The maximum atomic E-state index is 11.7. The number of ether oxygens (including phenoxy) is 1. The summed E-state index contributed by atoms with van der Waals surface area (Å²) in [5.74, 6) is 0.387. The molecular weight excluding hydrogens is 220 g/mol. The lowest BCUT2D eigenvalue weighted by Gasteiger charge is -2.15. The van der Waals surface area contributed by atoms with Gasteiger partial charge in [0.05, 0.1) is 13.2 Å². The first-order chi connectivity index (χ1) is 8.04. The van der Waals surface area contributed by atoms with Crippen LogP contribution in [-0.4, -0.2) is 36.8 Å². The number of benzene rings is 1. The van der Waals surface area contributed by atoms with E-state index in [0.717, 1.165) is 0 Å². The van der Waals surface area contributed by atoms with E-state index in [0.29, 0.717) is 11.3 Å². The molecule has 1 rings (SSSR count). The number of nitrogens with two attached hydrogens (primary N) is 1. The highest BCUT2D eigenvalue weighted by Crippen LogP contribution is 2.12. The fourth-order valence-corrected chi connectivity index (χ4v) is 1.25. The van der Waals surface area contributed by atoms with Crippen LogP contribution in [0.2, 0.25) is 0 Å². The van der Waals surface area contributed by atoms with Gasteiger partial charge in [-0.25, -0.2) is 0 Å². The van der Waals surface area contributed by atoms with E-state index in [2.05, 4.69) is 5.32 Å². The molecule has 5 nitrogen and oxygen atoms in total. The normalized spacial score (nSPS) is 13.9. The summed E-state index contributed by atoms with van der Waals surface area (Å²) in [6, 6.07) is 6.36. The molecule has 94 valence electrons. The molecule has 2 atom stereocenters. The smallest absolute Gasteiger partial charge is 0.251 e. The maximum absolute atomic E-state index is 11.7. The first kappa shape index (κ1) is 13.5. The van der Waals surface area contributed by atoms with Gasteiger partial charge >= 0.3 is 0 Å². The number of hydrogen-bond donors (Lipinski definition) is 3.